The van der Waals surface area contributed by atoms with Gasteiger partial charge in [0.25, 0.3) is 0 Å². The second kappa shape index (κ2) is 5.26. The molecule has 0 spiro atoms. The molecule has 1 amide bonds. The van der Waals surface area contributed by atoms with Gasteiger partial charge in [0.05, 0.1) is 6.42 Å². The van der Waals surface area contributed by atoms with E-state index in [1.807, 2.05) is 13.8 Å². The summed E-state index contributed by atoms with van der Waals surface area (Å²) >= 11 is 0. The Balaban J connectivity index is 2.33. The van der Waals surface area contributed by atoms with Crippen LogP contribution in [0.4, 0.5) is 13.2 Å². The van der Waals surface area contributed by atoms with Gasteiger partial charge in [0.2, 0.25) is 11.5 Å². The van der Waals surface area contributed by atoms with E-state index >= 15 is 0 Å². The molecule has 1 aromatic heterocycles. The Labute approximate surface area is 126 Å². The minimum absolute atomic E-state index is 0.403. The molecule has 1 fully saturated rings. The molecule has 124 valence electrons. The highest BCUT2D eigenvalue weighted by atomic mass is 19.4. The molecular formula is C14H20F3N3O2. The van der Waals surface area contributed by atoms with Gasteiger partial charge in [-0.3, -0.25) is 4.79 Å². The van der Waals surface area contributed by atoms with Gasteiger partial charge in [0.15, 0.2) is 5.82 Å². The first-order chi connectivity index (χ1) is 9.99. The molecule has 2 rings (SSSR count). The molecule has 1 unspecified atom stereocenters. The van der Waals surface area contributed by atoms with Gasteiger partial charge in [-0.15, -0.1) is 0 Å². The molecule has 2 heterocycles. The fourth-order valence-corrected chi connectivity index (χ4v) is 2.95. The molecule has 0 radical (unpaired) electrons. The van der Waals surface area contributed by atoms with Crippen LogP contribution in [-0.2, 0) is 17.4 Å². The maximum atomic E-state index is 13.4. The van der Waals surface area contributed by atoms with Crippen LogP contribution in [0.2, 0.25) is 0 Å². The van der Waals surface area contributed by atoms with Crippen LogP contribution >= 0.6 is 0 Å². The summed E-state index contributed by atoms with van der Waals surface area (Å²) in [6.07, 6.45) is -2.12. The second-order valence-electron chi connectivity index (χ2n) is 6.36. The molecule has 8 heteroatoms. The zero-order chi connectivity index (χ0) is 16.8. The molecule has 1 aliphatic heterocycles. The van der Waals surface area contributed by atoms with Crippen LogP contribution in [0.1, 0.15) is 38.9 Å². The standard InChI is InChI=1S/C14H20F3N3O2/c1-12(2)5-4-7-20(12)10(21)9-13(22,14(15,16)17)11-18-6-8-19(11)3/h6,8,22H,4-5,7,9H2,1-3H3. The minimum atomic E-state index is -4.99. The quantitative estimate of drug-likeness (QED) is 0.926. The fourth-order valence-electron chi connectivity index (χ4n) is 2.95. The molecule has 1 atom stereocenters. The number of alkyl halides is 3. The molecule has 0 aromatic carbocycles. The van der Waals surface area contributed by atoms with E-state index < -0.39 is 35.5 Å². The number of aromatic nitrogens is 2. The zero-order valence-electron chi connectivity index (χ0n) is 12.8. The summed E-state index contributed by atoms with van der Waals surface area (Å²) in [6.45, 7) is 4.02. The van der Waals surface area contributed by atoms with Crippen molar-refractivity contribution < 1.29 is 23.1 Å². The first kappa shape index (κ1) is 16.8. The molecule has 0 saturated carbocycles. The minimum Gasteiger partial charge on any atom is -0.374 e. The van der Waals surface area contributed by atoms with E-state index in [2.05, 4.69) is 4.98 Å². The molecule has 5 nitrogen and oxygen atoms in total. The lowest BCUT2D eigenvalue weighted by atomic mass is 9.95. The van der Waals surface area contributed by atoms with Gasteiger partial charge >= 0.3 is 6.18 Å². The van der Waals surface area contributed by atoms with Crippen LogP contribution in [-0.4, -0.2) is 43.7 Å². The van der Waals surface area contributed by atoms with Crippen LogP contribution in [0.3, 0.4) is 0 Å². The lowest BCUT2D eigenvalue weighted by Gasteiger charge is -2.35. The van der Waals surface area contributed by atoms with Crippen molar-refractivity contribution in [2.45, 2.75) is 50.4 Å². The summed E-state index contributed by atoms with van der Waals surface area (Å²) < 4.78 is 41.3. The predicted octanol–water partition coefficient (Wildman–Crippen LogP) is 1.96. The fraction of sp³-hybridized carbons (Fsp3) is 0.714. The van der Waals surface area contributed by atoms with Crippen molar-refractivity contribution in [1.29, 1.82) is 0 Å². The molecule has 0 aliphatic carbocycles. The number of carbonyl (C=O) groups is 1. The average Bonchev–Trinajstić information content (AvgIpc) is 2.93. The van der Waals surface area contributed by atoms with E-state index in [-0.39, 0.29) is 0 Å². The lowest BCUT2D eigenvalue weighted by molar-refractivity contribution is -0.272. The van der Waals surface area contributed by atoms with E-state index in [1.54, 1.807) is 0 Å². The predicted molar refractivity (Wildman–Crippen MR) is 72.8 cm³/mol. The number of halogens is 3. The van der Waals surface area contributed by atoms with Crippen LogP contribution in [0, 0.1) is 0 Å². The van der Waals surface area contributed by atoms with E-state index in [0.29, 0.717) is 6.54 Å². The highest BCUT2D eigenvalue weighted by Gasteiger charge is 2.59. The number of hydrogen-bond acceptors (Lipinski definition) is 3. The Hall–Kier alpha value is -1.57. The lowest BCUT2D eigenvalue weighted by Crippen LogP contribution is -2.51. The number of carbonyl (C=O) groups excluding carboxylic acids is 1. The maximum absolute atomic E-state index is 13.4. The third-order valence-electron chi connectivity index (χ3n) is 4.27. The summed E-state index contributed by atoms with van der Waals surface area (Å²) in [6, 6.07) is 0. The molecule has 22 heavy (non-hydrogen) atoms. The average molecular weight is 319 g/mol. The van der Waals surface area contributed by atoms with Crippen molar-refractivity contribution in [3.05, 3.63) is 18.2 Å². The first-order valence-corrected chi connectivity index (χ1v) is 7.06. The number of imidazole rings is 1. The third-order valence-corrected chi connectivity index (χ3v) is 4.27. The van der Waals surface area contributed by atoms with Gasteiger partial charge in [-0.25, -0.2) is 4.98 Å². The SMILES string of the molecule is Cn1ccnc1C(O)(CC(=O)N1CCCC1(C)C)C(F)(F)F. The molecule has 1 N–H and O–H groups in total. The summed E-state index contributed by atoms with van der Waals surface area (Å²) in [7, 11) is 1.35. The highest BCUT2D eigenvalue weighted by molar-refractivity contribution is 5.78. The summed E-state index contributed by atoms with van der Waals surface area (Å²) in [4.78, 5) is 17.4. The normalized spacial score (nSPS) is 21.0. The van der Waals surface area contributed by atoms with Crippen LogP contribution in [0.25, 0.3) is 0 Å². The van der Waals surface area contributed by atoms with E-state index in [0.717, 1.165) is 23.6 Å². The topological polar surface area (TPSA) is 58.4 Å². The second-order valence-corrected chi connectivity index (χ2v) is 6.36. The van der Waals surface area contributed by atoms with Crippen LogP contribution < -0.4 is 0 Å². The number of aryl methyl sites for hydroxylation is 1. The molecule has 0 bridgehead atoms. The Morgan fingerprint density at radius 2 is 2.09 bits per heavy atom. The van der Waals surface area contributed by atoms with E-state index in [1.165, 1.54) is 18.1 Å². The zero-order valence-corrected chi connectivity index (χ0v) is 12.8. The van der Waals surface area contributed by atoms with E-state index in [9.17, 15) is 23.1 Å². The van der Waals surface area contributed by atoms with Gasteiger partial charge < -0.3 is 14.6 Å². The number of hydrogen-bond donors (Lipinski definition) is 1. The first-order valence-electron chi connectivity index (χ1n) is 7.06. The van der Waals surface area contributed by atoms with Crippen molar-refractivity contribution in [2.75, 3.05) is 6.54 Å². The van der Waals surface area contributed by atoms with Crippen molar-refractivity contribution >= 4 is 5.91 Å². The Bertz CT molecular complexity index is 568. The molecule has 1 aromatic rings. The van der Waals surface area contributed by atoms with Crippen LogP contribution in [0.15, 0.2) is 12.4 Å². The summed E-state index contributed by atoms with van der Waals surface area (Å²) in [5.74, 6) is -1.30. The number of amides is 1. The van der Waals surface area contributed by atoms with Gasteiger partial charge in [-0.2, -0.15) is 13.2 Å². The molecular weight excluding hydrogens is 299 g/mol. The number of likely N-dealkylation sites (tertiary alicyclic amines) is 1. The highest BCUT2D eigenvalue weighted by Crippen LogP contribution is 2.42. The van der Waals surface area contributed by atoms with Crippen LogP contribution in [0.5, 0.6) is 0 Å². The van der Waals surface area contributed by atoms with E-state index in [4.69, 9.17) is 0 Å². The number of nitrogens with zero attached hydrogens (tertiary/aromatic N) is 3. The van der Waals surface area contributed by atoms with Crippen molar-refractivity contribution in [3.63, 3.8) is 0 Å². The summed E-state index contributed by atoms with van der Waals surface area (Å²) in [5.41, 5.74) is -3.79. The Morgan fingerprint density at radius 1 is 1.45 bits per heavy atom. The van der Waals surface area contributed by atoms with Gasteiger partial charge in [0, 0.05) is 31.5 Å². The van der Waals surface area contributed by atoms with Gasteiger partial charge in [-0.05, 0) is 26.7 Å². The Morgan fingerprint density at radius 3 is 2.50 bits per heavy atom. The van der Waals surface area contributed by atoms with Gasteiger partial charge in [-0.1, -0.05) is 0 Å². The van der Waals surface area contributed by atoms with Crippen molar-refractivity contribution in [2.24, 2.45) is 7.05 Å². The summed E-state index contributed by atoms with van der Waals surface area (Å²) in [5, 5.41) is 10.2. The Kier molecular flexibility index (Phi) is 4.01. The van der Waals surface area contributed by atoms with Crippen molar-refractivity contribution in [1.82, 2.24) is 14.5 Å². The third kappa shape index (κ3) is 2.71. The van der Waals surface area contributed by atoms with Gasteiger partial charge in [0.1, 0.15) is 0 Å². The molecule has 1 saturated heterocycles. The smallest absolute Gasteiger partial charge is 0.374 e. The number of rotatable bonds is 3. The molecule has 1 aliphatic rings. The number of aliphatic hydroxyl groups is 1. The van der Waals surface area contributed by atoms with Crippen molar-refractivity contribution in [3.8, 4) is 0 Å². The monoisotopic (exact) mass is 319 g/mol. The largest absolute Gasteiger partial charge is 0.425 e. The maximum Gasteiger partial charge on any atom is 0.425 e.